The Morgan fingerprint density at radius 1 is 1.00 bits per heavy atom. The van der Waals surface area contributed by atoms with Crippen LogP contribution in [0.5, 0.6) is 0 Å². The maximum atomic E-state index is 12.0. The standard InChI is InChI=1S/C17H20O5/c1-20-10-11-8-9-14(13-7-5-4-6-12(11)13)15(16(18)21-2)17(19)22-3/h4-9,11,14-15H,10H2,1-3H3/t11-,14-/m0/s1. The van der Waals surface area contributed by atoms with Crippen LogP contribution in [0.4, 0.5) is 0 Å². The molecule has 0 fully saturated rings. The summed E-state index contributed by atoms with van der Waals surface area (Å²) in [5.74, 6) is -2.49. The molecule has 0 bridgehead atoms. The second kappa shape index (κ2) is 7.22. The molecule has 0 spiro atoms. The van der Waals surface area contributed by atoms with Gasteiger partial charge in [0.25, 0.3) is 0 Å². The van der Waals surface area contributed by atoms with Crippen LogP contribution in [0.15, 0.2) is 36.4 Å². The lowest BCUT2D eigenvalue weighted by Gasteiger charge is -2.29. The average Bonchev–Trinajstić information content (AvgIpc) is 2.56. The first-order valence-electron chi connectivity index (χ1n) is 7.05. The van der Waals surface area contributed by atoms with Crippen molar-refractivity contribution in [3.63, 3.8) is 0 Å². The van der Waals surface area contributed by atoms with Crippen molar-refractivity contribution in [2.75, 3.05) is 27.9 Å². The number of carbonyl (C=O) groups excluding carboxylic acids is 2. The number of methoxy groups -OCH3 is 3. The fourth-order valence-electron chi connectivity index (χ4n) is 2.87. The quantitative estimate of drug-likeness (QED) is 0.473. The molecule has 118 valence electrons. The molecule has 1 aliphatic carbocycles. The molecule has 1 aromatic rings. The molecule has 1 aromatic carbocycles. The first kappa shape index (κ1) is 16.2. The van der Waals surface area contributed by atoms with Crippen molar-refractivity contribution < 1.29 is 23.8 Å². The topological polar surface area (TPSA) is 61.8 Å². The van der Waals surface area contributed by atoms with Crippen molar-refractivity contribution in [1.82, 2.24) is 0 Å². The molecule has 5 nitrogen and oxygen atoms in total. The Hall–Kier alpha value is -2.14. The van der Waals surface area contributed by atoms with E-state index in [1.807, 2.05) is 36.4 Å². The summed E-state index contributed by atoms with van der Waals surface area (Å²) in [5.41, 5.74) is 1.97. The predicted molar refractivity (Wildman–Crippen MR) is 80.5 cm³/mol. The van der Waals surface area contributed by atoms with E-state index in [4.69, 9.17) is 14.2 Å². The smallest absolute Gasteiger partial charge is 0.321 e. The maximum Gasteiger partial charge on any atom is 0.321 e. The zero-order chi connectivity index (χ0) is 16.1. The molecule has 0 saturated carbocycles. The molecule has 1 aliphatic rings. The lowest BCUT2D eigenvalue weighted by atomic mass is 9.76. The molecule has 0 aliphatic heterocycles. The molecule has 0 heterocycles. The molecule has 0 amide bonds. The van der Waals surface area contributed by atoms with E-state index < -0.39 is 23.8 Å². The maximum absolute atomic E-state index is 12.0. The van der Waals surface area contributed by atoms with E-state index in [0.29, 0.717) is 6.61 Å². The van der Waals surface area contributed by atoms with E-state index in [0.717, 1.165) is 11.1 Å². The first-order chi connectivity index (χ1) is 10.6. The van der Waals surface area contributed by atoms with Crippen LogP contribution >= 0.6 is 0 Å². The van der Waals surface area contributed by atoms with Crippen molar-refractivity contribution in [2.24, 2.45) is 5.92 Å². The number of hydrogen-bond acceptors (Lipinski definition) is 5. The van der Waals surface area contributed by atoms with Crippen LogP contribution in [0.25, 0.3) is 0 Å². The number of hydrogen-bond donors (Lipinski definition) is 0. The van der Waals surface area contributed by atoms with Gasteiger partial charge in [-0.25, -0.2) is 0 Å². The number of allylic oxidation sites excluding steroid dienone is 1. The molecular formula is C17H20O5. The highest BCUT2D eigenvalue weighted by Gasteiger charge is 2.39. The molecule has 0 radical (unpaired) electrons. The van der Waals surface area contributed by atoms with Crippen LogP contribution in [0.1, 0.15) is 23.0 Å². The number of benzene rings is 1. The van der Waals surface area contributed by atoms with Crippen LogP contribution in [0.3, 0.4) is 0 Å². The van der Waals surface area contributed by atoms with Gasteiger partial charge >= 0.3 is 11.9 Å². The lowest BCUT2D eigenvalue weighted by molar-refractivity contribution is -0.159. The Kier molecular flexibility index (Phi) is 5.33. The zero-order valence-corrected chi connectivity index (χ0v) is 12.9. The Morgan fingerprint density at radius 3 is 2.14 bits per heavy atom. The Morgan fingerprint density at radius 2 is 1.59 bits per heavy atom. The van der Waals surface area contributed by atoms with Gasteiger partial charge in [-0.15, -0.1) is 0 Å². The Labute approximate surface area is 129 Å². The third-order valence-electron chi connectivity index (χ3n) is 3.92. The summed E-state index contributed by atoms with van der Waals surface area (Å²) < 4.78 is 14.8. The molecular weight excluding hydrogens is 284 g/mol. The van der Waals surface area contributed by atoms with Gasteiger partial charge in [0.2, 0.25) is 0 Å². The second-order valence-electron chi connectivity index (χ2n) is 5.13. The highest BCUT2D eigenvalue weighted by atomic mass is 16.5. The van der Waals surface area contributed by atoms with Gasteiger partial charge < -0.3 is 14.2 Å². The molecule has 0 N–H and O–H groups in total. The predicted octanol–water partition coefficient (Wildman–Crippen LogP) is 2.03. The summed E-state index contributed by atoms with van der Waals surface area (Å²) in [5, 5.41) is 0. The summed E-state index contributed by atoms with van der Waals surface area (Å²) in [6.07, 6.45) is 3.83. The molecule has 0 aromatic heterocycles. The van der Waals surface area contributed by atoms with Crippen LogP contribution in [0.2, 0.25) is 0 Å². The van der Waals surface area contributed by atoms with Crippen LogP contribution in [-0.4, -0.2) is 39.9 Å². The molecule has 22 heavy (non-hydrogen) atoms. The van der Waals surface area contributed by atoms with Crippen molar-refractivity contribution in [3.05, 3.63) is 47.5 Å². The van der Waals surface area contributed by atoms with Gasteiger partial charge in [-0.2, -0.15) is 0 Å². The molecule has 5 heteroatoms. The van der Waals surface area contributed by atoms with Crippen molar-refractivity contribution in [2.45, 2.75) is 11.8 Å². The zero-order valence-electron chi connectivity index (χ0n) is 12.9. The van der Waals surface area contributed by atoms with Crippen molar-refractivity contribution in [1.29, 1.82) is 0 Å². The van der Waals surface area contributed by atoms with E-state index in [1.54, 1.807) is 7.11 Å². The SMILES string of the molecule is COC[C@@H]1C=C[C@H](C(C(=O)OC)C(=O)OC)c2ccccc21. The summed E-state index contributed by atoms with van der Waals surface area (Å²) in [4.78, 5) is 24.1. The summed E-state index contributed by atoms with van der Waals surface area (Å²) in [7, 11) is 4.18. The van der Waals surface area contributed by atoms with Gasteiger partial charge in [-0.3, -0.25) is 9.59 Å². The molecule has 2 rings (SSSR count). The summed E-state index contributed by atoms with van der Waals surface area (Å²) in [6, 6.07) is 7.73. The molecule has 0 unspecified atom stereocenters. The minimum absolute atomic E-state index is 0.105. The fourth-order valence-corrected chi connectivity index (χ4v) is 2.87. The number of carbonyl (C=O) groups is 2. The monoisotopic (exact) mass is 304 g/mol. The summed E-state index contributed by atoms with van der Waals surface area (Å²) >= 11 is 0. The largest absolute Gasteiger partial charge is 0.468 e. The first-order valence-corrected chi connectivity index (χ1v) is 7.05. The van der Waals surface area contributed by atoms with E-state index in [9.17, 15) is 9.59 Å². The Balaban J connectivity index is 2.44. The summed E-state index contributed by atoms with van der Waals surface area (Å²) in [6.45, 7) is 0.543. The van der Waals surface area contributed by atoms with Crippen LogP contribution in [0, 0.1) is 5.92 Å². The van der Waals surface area contributed by atoms with Crippen LogP contribution < -0.4 is 0 Å². The van der Waals surface area contributed by atoms with Gasteiger partial charge in [-0.1, -0.05) is 36.4 Å². The number of esters is 2. The minimum Gasteiger partial charge on any atom is -0.468 e. The highest BCUT2D eigenvalue weighted by molar-refractivity contribution is 5.96. The molecule has 0 saturated heterocycles. The fraction of sp³-hybridized carbons (Fsp3) is 0.412. The van der Waals surface area contributed by atoms with Crippen LogP contribution in [-0.2, 0) is 23.8 Å². The second-order valence-corrected chi connectivity index (χ2v) is 5.13. The Bertz CT molecular complexity index is 562. The van der Waals surface area contributed by atoms with E-state index >= 15 is 0 Å². The third-order valence-corrected chi connectivity index (χ3v) is 3.92. The number of rotatable bonds is 5. The van der Waals surface area contributed by atoms with E-state index in [2.05, 4.69) is 0 Å². The van der Waals surface area contributed by atoms with Gasteiger partial charge in [0, 0.05) is 18.9 Å². The normalized spacial score (nSPS) is 19.6. The average molecular weight is 304 g/mol. The number of ether oxygens (including phenoxy) is 3. The van der Waals surface area contributed by atoms with E-state index in [-0.39, 0.29) is 5.92 Å². The number of fused-ring (bicyclic) bond motifs is 1. The van der Waals surface area contributed by atoms with Crippen molar-refractivity contribution >= 4 is 11.9 Å². The molecule has 2 atom stereocenters. The van der Waals surface area contributed by atoms with Gasteiger partial charge in [0.15, 0.2) is 5.92 Å². The lowest BCUT2D eigenvalue weighted by Crippen LogP contribution is -2.33. The van der Waals surface area contributed by atoms with E-state index in [1.165, 1.54) is 14.2 Å². The highest BCUT2D eigenvalue weighted by Crippen LogP contribution is 2.38. The minimum atomic E-state index is -1.00. The van der Waals surface area contributed by atoms with Crippen molar-refractivity contribution in [3.8, 4) is 0 Å². The van der Waals surface area contributed by atoms with Gasteiger partial charge in [0.1, 0.15) is 0 Å². The van der Waals surface area contributed by atoms with Gasteiger partial charge in [-0.05, 0) is 11.1 Å². The van der Waals surface area contributed by atoms with Gasteiger partial charge in [0.05, 0.1) is 20.8 Å². The third kappa shape index (κ3) is 3.04.